The normalized spacial score (nSPS) is 11.2. The number of nitrogens with zero attached hydrogens (tertiary/aromatic N) is 1. The summed E-state index contributed by atoms with van der Waals surface area (Å²) in [6, 6.07) is 17.6. The maximum atomic E-state index is 11.9. The Bertz CT molecular complexity index is 632. The van der Waals surface area contributed by atoms with E-state index in [0.29, 0.717) is 5.69 Å². The highest BCUT2D eigenvalue weighted by atomic mass is 16.2. The van der Waals surface area contributed by atoms with E-state index in [1.165, 1.54) is 0 Å². The molecule has 0 aliphatic heterocycles. The molecule has 0 fully saturated rings. The van der Waals surface area contributed by atoms with Gasteiger partial charge in [-0.1, -0.05) is 42.5 Å². The summed E-state index contributed by atoms with van der Waals surface area (Å²) in [5.41, 5.74) is 2.52. The fraction of sp³-hybridized carbons (Fsp3) is 0.125. The molecule has 2 aromatic rings. The Labute approximate surface area is 118 Å². The third-order valence-corrected chi connectivity index (χ3v) is 2.81. The minimum absolute atomic E-state index is 0.397. The van der Waals surface area contributed by atoms with Crippen LogP contribution in [0, 0.1) is 18.3 Å². The van der Waals surface area contributed by atoms with E-state index in [-0.39, 0.29) is 0 Å². The topological polar surface area (TPSA) is 64.9 Å². The van der Waals surface area contributed by atoms with Gasteiger partial charge in [0.05, 0.1) is 6.07 Å². The van der Waals surface area contributed by atoms with Crippen LogP contribution in [0.15, 0.2) is 54.6 Å². The third kappa shape index (κ3) is 3.59. The first kappa shape index (κ1) is 13.6. The van der Waals surface area contributed by atoms with Crippen LogP contribution >= 0.6 is 0 Å². The van der Waals surface area contributed by atoms with E-state index >= 15 is 0 Å². The molecule has 0 radical (unpaired) electrons. The maximum absolute atomic E-state index is 11.9. The molecule has 100 valence electrons. The molecule has 0 spiro atoms. The molecule has 4 nitrogen and oxygen atoms in total. The summed E-state index contributed by atoms with van der Waals surface area (Å²) in [7, 11) is 0. The van der Waals surface area contributed by atoms with Gasteiger partial charge in [0.2, 0.25) is 0 Å². The number of aryl methyl sites for hydroxylation is 1. The van der Waals surface area contributed by atoms with Crippen LogP contribution < -0.4 is 10.6 Å². The van der Waals surface area contributed by atoms with E-state index < -0.39 is 12.1 Å². The van der Waals surface area contributed by atoms with Gasteiger partial charge in [0.15, 0.2) is 0 Å². The summed E-state index contributed by atoms with van der Waals surface area (Å²) in [4.78, 5) is 11.9. The smallest absolute Gasteiger partial charge is 0.318 e. The molecule has 2 N–H and O–H groups in total. The van der Waals surface area contributed by atoms with Crippen molar-refractivity contribution in [3.8, 4) is 6.07 Å². The van der Waals surface area contributed by atoms with E-state index in [2.05, 4.69) is 16.7 Å². The van der Waals surface area contributed by atoms with E-state index in [1.54, 1.807) is 18.2 Å². The lowest BCUT2D eigenvalue weighted by atomic mass is 10.1. The average Bonchev–Trinajstić information content (AvgIpc) is 2.45. The van der Waals surface area contributed by atoms with Crippen LogP contribution in [0.3, 0.4) is 0 Å². The Balaban J connectivity index is 2.02. The zero-order valence-electron chi connectivity index (χ0n) is 11.1. The Kier molecular flexibility index (Phi) is 4.35. The molecule has 0 heterocycles. The Morgan fingerprint density at radius 3 is 2.55 bits per heavy atom. The van der Waals surface area contributed by atoms with Gasteiger partial charge in [0.25, 0.3) is 0 Å². The molecule has 0 aromatic heterocycles. The van der Waals surface area contributed by atoms with E-state index in [1.807, 2.05) is 43.3 Å². The first-order valence-electron chi connectivity index (χ1n) is 6.28. The number of urea groups is 1. The molecule has 2 rings (SSSR count). The highest BCUT2D eigenvalue weighted by Gasteiger charge is 2.13. The molecule has 0 aliphatic carbocycles. The van der Waals surface area contributed by atoms with Gasteiger partial charge in [0.1, 0.15) is 6.04 Å². The van der Waals surface area contributed by atoms with Crippen LogP contribution in [-0.2, 0) is 0 Å². The van der Waals surface area contributed by atoms with Crippen LogP contribution in [0.5, 0.6) is 0 Å². The monoisotopic (exact) mass is 265 g/mol. The number of anilines is 1. The second-order valence-corrected chi connectivity index (χ2v) is 4.44. The summed E-state index contributed by atoms with van der Waals surface area (Å²) in [5, 5.41) is 14.5. The number of carbonyl (C=O) groups excluding carboxylic acids is 1. The predicted octanol–water partition coefficient (Wildman–Crippen LogP) is 3.38. The molecule has 0 bridgehead atoms. The summed E-state index contributed by atoms with van der Waals surface area (Å²) in [6.07, 6.45) is 0. The quantitative estimate of drug-likeness (QED) is 0.893. The third-order valence-electron chi connectivity index (χ3n) is 2.81. The van der Waals surface area contributed by atoms with Crippen molar-refractivity contribution in [1.29, 1.82) is 5.26 Å². The van der Waals surface area contributed by atoms with E-state index in [0.717, 1.165) is 11.1 Å². The van der Waals surface area contributed by atoms with Gasteiger partial charge in [0, 0.05) is 5.69 Å². The molecule has 4 heteroatoms. The van der Waals surface area contributed by atoms with Gasteiger partial charge < -0.3 is 10.6 Å². The Morgan fingerprint density at radius 2 is 1.90 bits per heavy atom. The summed E-state index contributed by atoms with van der Waals surface area (Å²) in [6.45, 7) is 1.95. The van der Waals surface area contributed by atoms with Crippen LogP contribution in [0.1, 0.15) is 17.2 Å². The Hall–Kier alpha value is -2.80. The van der Waals surface area contributed by atoms with E-state index in [9.17, 15) is 4.79 Å². The highest BCUT2D eigenvalue weighted by molar-refractivity contribution is 5.89. The first-order chi connectivity index (χ1) is 9.69. The van der Waals surface area contributed by atoms with Gasteiger partial charge in [-0.2, -0.15) is 5.26 Å². The molecular weight excluding hydrogens is 250 g/mol. The molecule has 1 unspecified atom stereocenters. The molecular formula is C16H15N3O. The molecule has 20 heavy (non-hydrogen) atoms. The number of carbonyl (C=O) groups is 1. The lowest BCUT2D eigenvalue weighted by Gasteiger charge is -2.13. The zero-order chi connectivity index (χ0) is 14.4. The van der Waals surface area contributed by atoms with Crippen LogP contribution in [0.25, 0.3) is 0 Å². The second-order valence-electron chi connectivity index (χ2n) is 4.44. The minimum atomic E-state index is -0.666. The molecule has 0 saturated carbocycles. The van der Waals surface area contributed by atoms with Gasteiger partial charge in [-0.25, -0.2) is 4.79 Å². The lowest BCUT2D eigenvalue weighted by Crippen LogP contribution is -2.31. The molecule has 0 aliphatic rings. The number of rotatable bonds is 3. The predicted molar refractivity (Wildman–Crippen MR) is 78.1 cm³/mol. The number of nitriles is 1. The summed E-state index contributed by atoms with van der Waals surface area (Å²) in [5.74, 6) is 0. The van der Waals surface area contributed by atoms with Gasteiger partial charge >= 0.3 is 6.03 Å². The van der Waals surface area contributed by atoms with Crippen molar-refractivity contribution in [3.63, 3.8) is 0 Å². The maximum Gasteiger partial charge on any atom is 0.320 e. The largest absolute Gasteiger partial charge is 0.320 e. The van der Waals surface area contributed by atoms with Gasteiger partial charge in [-0.15, -0.1) is 0 Å². The standard InChI is InChI=1S/C16H15N3O/c1-12-6-5-9-14(10-12)18-16(20)19-15(11-17)13-7-3-2-4-8-13/h2-10,15H,1H3,(H2,18,19,20). The number of hydrogen-bond donors (Lipinski definition) is 2. The summed E-state index contributed by atoms with van der Waals surface area (Å²) >= 11 is 0. The second kappa shape index (κ2) is 6.39. The van der Waals surface area contributed by atoms with Crippen LogP contribution in [0.2, 0.25) is 0 Å². The summed E-state index contributed by atoms with van der Waals surface area (Å²) < 4.78 is 0. The number of amides is 2. The molecule has 2 aromatic carbocycles. The van der Waals surface area contributed by atoms with Crippen molar-refractivity contribution in [2.24, 2.45) is 0 Å². The van der Waals surface area contributed by atoms with Gasteiger partial charge in [-0.3, -0.25) is 0 Å². The van der Waals surface area contributed by atoms with Crippen molar-refractivity contribution in [2.75, 3.05) is 5.32 Å². The number of nitrogens with one attached hydrogen (secondary N) is 2. The van der Waals surface area contributed by atoms with Crippen molar-refractivity contribution in [1.82, 2.24) is 5.32 Å². The van der Waals surface area contributed by atoms with Crippen LogP contribution in [-0.4, -0.2) is 6.03 Å². The number of benzene rings is 2. The fourth-order valence-corrected chi connectivity index (χ4v) is 1.86. The molecule has 0 saturated heterocycles. The van der Waals surface area contributed by atoms with Crippen LogP contribution in [0.4, 0.5) is 10.5 Å². The molecule has 2 amide bonds. The lowest BCUT2D eigenvalue weighted by molar-refractivity contribution is 0.250. The molecule has 1 atom stereocenters. The van der Waals surface area contributed by atoms with Crippen molar-refractivity contribution < 1.29 is 4.79 Å². The van der Waals surface area contributed by atoms with Gasteiger partial charge in [-0.05, 0) is 30.2 Å². The highest BCUT2D eigenvalue weighted by Crippen LogP contribution is 2.13. The minimum Gasteiger partial charge on any atom is -0.318 e. The zero-order valence-corrected chi connectivity index (χ0v) is 11.1. The Morgan fingerprint density at radius 1 is 1.15 bits per heavy atom. The fourth-order valence-electron chi connectivity index (χ4n) is 1.86. The van der Waals surface area contributed by atoms with Crippen molar-refractivity contribution >= 4 is 11.7 Å². The van der Waals surface area contributed by atoms with Crippen molar-refractivity contribution in [2.45, 2.75) is 13.0 Å². The van der Waals surface area contributed by atoms with E-state index in [4.69, 9.17) is 5.26 Å². The van der Waals surface area contributed by atoms with Crippen molar-refractivity contribution in [3.05, 3.63) is 65.7 Å². The first-order valence-corrected chi connectivity index (χ1v) is 6.28. The average molecular weight is 265 g/mol. The number of hydrogen-bond acceptors (Lipinski definition) is 2. The SMILES string of the molecule is Cc1cccc(NC(=O)NC(C#N)c2ccccc2)c1.